The van der Waals surface area contributed by atoms with Crippen molar-refractivity contribution in [1.29, 1.82) is 0 Å². The monoisotopic (exact) mass is 308 g/mol. The molecule has 0 aliphatic carbocycles. The topological polar surface area (TPSA) is 89.1 Å². The number of amides is 2. The normalized spacial score (nSPS) is 11.4. The summed E-state index contributed by atoms with van der Waals surface area (Å²) in [6.07, 6.45) is 0.721. The molecule has 7 nitrogen and oxygen atoms in total. The van der Waals surface area contributed by atoms with Crippen LogP contribution in [-0.4, -0.2) is 59.5 Å². The van der Waals surface area contributed by atoms with Crippen LogP contribution < -0.4 is 10.6 Å². The molecule has 0 unspecified atom stereocenters. The predicted octanol–water partition coefficient (Wildman–Crippen LogP) is 0.716. The van der Waals surface area contributed by atoms with Gasteiger partial charge in [-0.05, 0) is 27.2 Å². The zero-order chi connectivity index (χ0) is 15.3. The largest absolute Gasteiger partial charge is 0.500 e. The van der Waals surface area contributed by atoms with E-state index in [-0.39, 0.29) is 19.2 Å². The van der Waals surface area contributed by atoms with Crippen molar-refractivity contribution < 1.29 is 23.2 Å². The van der Waals surface area contributed by atoms with Crippen molar-refractivity contribution in [2.45, 2.75) is 33.2 Å². The summed E-state index contributed by atoms with van der Waals surface area (Å²) in [6, 6.07) is 0.388. The van der Waals surface area contributed by atoms with Gasteiger partial charge in [0, 0.05) is 39.0 Å². The number of aliphatic hydroxyl groups excluding tert-OH is 1. The number of urea groups is 1. The van der Waals surface area contributed by atoms with Gasteiger partial charge in [-0.2, -0.15) is 0 Å². The Kier molecular flexibility index (Phi) is 11.7. The molecule has 0 aliphatic heterocycles. The van der Waals surface area contributed by atoms with Crippen LogP contribution in [0.25, 0.3) is 0 Å². The second-order valence-electron chi connectivity index (χ2n) is 3.99. The van der Waals surface area contributed by atoms with E-state index in [9.17, 15) is 4.79 Å². The fourth-order valence-corrected chi connectivity index (χ4v) is 4.35. The van der Waals surface area contributed by atoms with Crippen molar-refractivity contribution in [2.24, 2.45) is 0 Å². The summed E-state index contributed by atoms with van der Waals surface area (Å²) in [5.74, 6) is 0. The number of aliphatic hydroxyl groups is 1. The SMILES string of the molecule is CCO[Si](CCCNC(=O)NCCO)(OCC)OCC. The Morgan fingerprint density at radius 1 is 1.00 bits per heavy atom. The van der Waals surface area contributed by atoms with Gasteiger partial charge in [-0.15, -0.1) is 0 Å². The fourth-order valence-electron chi connectivity index (χ4n) is 1.74. The third-order valence-corrected chi connectivity index (χ3v) is 5.59. The number of nitrogens with one attached hydrogen (secondary N) is 2. The van der Waals surface area contributed by atoms with Gasteiger partial charge in [-0.1, -0.05) is 0 Å². The fraction of sp³-hybridized carbons (Fsp3) is 0.917. The van der Waals surface area contributed by atoms with Crippen molar-refractivity contribution in [3.05, 3.63) is 0 Å². The Balaban J connectivity index is 4.08. The van der Waals surface area contributed by atoms with Crippen LogP contribution in [-0.2, 0) is 13.3 Å². The zero-order valence-corrected chi connectivity index (χ0v) is 13.7. The van der Waals surface area contributed by atoms with Crippen LogP contribution in [0, 0.1) is 0 Å². The molecule has 2 amide bonds. The Hall–Kier alpha value is -0.673. The van der Waals surface area contributed by atoms with E-state index in [0.29, 0.717) is 32.4 Å². The highest BCUT2D eigenvalue weighted by Gasteiger charge is 2.39. The third kappa shape index (κ3) is 8.49. The van der Waals surface area contributed by atoms with Crippen LogP contribution in [0.2, 0.25) is 6.04 Å². The van der Waals surface area contributed by atoms with Gasteiger partial charge >= 0.3 is 14.8 Å². The summed E-state index contributed by atoms with van der Waals surface area (Å²) in [6.45, 7) is 8.11. The molecule has 120 valence electrons. The van der Waals surface area contributed by atoms with Gasteiger partial charge in [-0.3, -0.25) is 0 Å². The molecule has 0 aliphatic rings. The Labute approximate surface area is 122 Å². The average molecular weight is 308 g/mol. The second-order valence-corrected chi connectivity index (χ2v) is 6.72. The summed E-state index contributed by atoms with van der Waals surface area (Å²) < 4.78 is 17.1. The molecule has 0 aromatic carbocycles. The van der Waals surface area contributed by atoms with E-state index in [0.717, 1.165) is 6.42 Å². The molecule has 0 saturated carbocycles. The lowest BCUT2D eigenvalue weighted by molar-refractivity contribution is 0.0708. The summed E-state index contributed by atoms with van der Waals surface area (Å²) in [4.78, 5) is 11.3. The third-order valence-electron chi connectivity index (χ3n) is 2.44. The highest BCUT2D eigenvalue weighted by molar-refractivity contribution is 6.60. The van der Waals surface area contributed by atoms with E-state index < -0.39 is 8.80 Å². The maximum absolute atomic E-state index is 11.3. The number of rotatable bonds is 12. The standard InChI is InChI=1S/C12H28N2O5Si/c1-4-17-20(18-5-2,19-6-3)11-7-8-13-12(16)14-9-10-15/h15H,4-11H2,1-3H3,(H2,13,14,16). The molecular weight excluding hydrogens is 280 g/mol. The minimum absolute atomic E-state index is 0.0670. The first-order valence-corrected chi connectivity index (χ1v) is 9.11. The van der Waals surface area contributed by atoms with Gasteiger partial charge in [0.1, 0.15) is 0 Å². The zero-order valence-electron chi connectivity index (χ0n) is 12.7. The minimum Gasteiger partial charge on any atom is -0.395 e. The average Bonchev–Trinajstić information content (AvgIpc) is 2.42. The van der Waals surface area contributed by atoms with Crippen LogP contribution in [0.15, 0.2) is 0 Å². The molecule has 0 radical (unpaired) electrons. The van der Waals surface area contributed by atoms with Crippen molar-refractivity contribution in [3.8, 4) is 0 Å². The lowest BCUT2D eigenvalue weighted by Gasteiger charge is -2.28. The van der Waals surface area contributed by atoms with Crippen molar-refractivity contribution in [1.82, 2.24) is 10.6 Å². The molecule has 3 N–H and O–H groups in total. The van der Waals surface area contributed by atoms with E-state index in [2.05, 4.69) is 10.6 Å². The van der Waals surface area contributed by atoms with E-state index in [1.807, 2.05) is 20.8 Å². The smallest absolute Gasteiger partial charge is 0.395 e. The van der Waals surface area contributed by atoms with E-state index in [4.69, 9.17) is 18.4 Å². The molecule has 0 bridgehead atoms. The van der Waals surface area contributed by atoms with Crippen LogP contribution in [0.4, 0.5) is 4.79 Å². The summed E-state index contributed by atoms with van der Waals surface area (Å²) >= 11 is 0. The van der Waals surface area contributed by atoms with Crippen LogP contribution >= 0.6 is 0 Å². The molecule has 0 rings (SSSR count). The highest BCUT2D eigenvalue weighted by Crippen LogP contribution is 2.17. The maximum Gasteiger partial charge on any atom is 0.500 e. The summed E-state index contributed by atoms with van der Waals surface area (Å²) in [5.41, 5.74) is 0. The lowest BCUT2D eigenvalue weighted by atomic mass is 10.5. The Morgan fingerprint density at radius 3 is 1.95 bits per heavy atom. The maximum atomic E-state index is 11.3. The van der Waals surface area contributed by atoms with E-state index in [1.54, 1.807) is 0 Å². The first-order valence-electron chi connectivity index (χ1n) is 7.18. The molecule has 0 saturated heterocycles. The summed E-state index contributed by atoms with van der Waals surface area (Å²) in [5, 5.41) is 13.8. The molecule has 8 heteroatoms. The molecule has 0 aromatic rings. The van der Waals surface area contributed by atoms with Crippen molar-refractivity contribution >= 4 is 14.8 Å². The summed E-state index contributed by atoms with van der Waals surface area (Å²) in [7, 11) is -2.60. The van der Waals surface area contributed by atoms with Gasteiger partial charge in [0.05, 0.1) is 6.61 Å². The number of hydrogen-bond donors (Lipinski definition) is 3. The Bertz CT molecular complexity index is 239. The van der Waals surface area contributed by atoms with Crippen molar-refractivity contribution in [2.75, 3.05) is 39.5 Å². The van der Waals surface area contributed by atoms with Crippen LogP contribution in [0.1, 0.15) is 27.2 Å². The van der Waals surface area contributed by atoms with E-state index >= 15 is 0 Å². The van der Waals surface area contributed by atoms with Gasteiger partial charge in [0.25, 0.3) is 0 Å². The van der Waals surface area contributed by atoms with Gasteiger partial charge < -0.3 is 29.0 Å². The van der Waals surface area contributed by atoms with Crippen LogP contribution in [0.5, 0.6) is 0 Å². The first-order chi connectivity index (χ1) is 9.64. The number of carbonyl (C=O) groups excluding carboxylic acids is 1. The van der Waals surface area contributed by atoms with Gasteiger partial charge in [0.2, 0.25) is 0 Å². The molecular formula is C12H28N2O5Si. The van der Waals surface area contributed by atoms with Crippen LogP contribution in [0.3, 0.4) is 0 Å². The molecule has 0 spiro atoms. The quantitative estimate of drug-likeness (QED) is 0.365. The lowest BCUT2D eigenvalue weighted by Crippen LogP contribution is -2.46. The highest BCUT2D eigenvalue weighted by atomic mass is 28.4. The first kappa shape index (κ1) is 19.3. The Morgan fingerprint density at radius 2 is 1.50 bits per heavy atom. The molecule has 20 heavy (non-hydrogen) atoms. The van der Waals surface area contributed by atoms with E-state index in [1.165, 1.54) is 0 Å². The number of carbonyl (C=O) groups is 1. The molecule has 0 heterocycles. The molecule has 0 aromatic heterocycles. The van der Waals surface area contributed by atoms with Gasteiger partial charge in [0.15, 0.2) is 0 Å². The minimum atomic E-state index is -2.60. The number of hydrogen-bond acceptors (Lipinski definition) is 5. The second kappa shape index (κ2) is 12.1. The molecule has 0 fully saturated rings. The predicted molar refractivity (Wildman–Crippen MR) is 78.5 cm³/mol. The van der Waals surface area contributed by atoms with Gasteiger partial charge in [-0.25, -0.2) is 4.79 Å². The molecule has 0 atom stereocenters. The van der Waals surface area contributed by atoms with Crippen molar-refractivity contribution in [3.63, 3.8) is 0 Å².